The van der Waals surface area contributed by atoms with Gasteiger partial charge in [0, 0.05) is 0 Å². The fraction of sp³-hybridized carbons (Fsp3) is 0.400. The van der Waals surface area contributed by atoms with E-state index in [4.69, 9.17) is 0 Å². The maximum Gasteiger partial charge on any atom is -0.0392 e. The molecule has 2 aromatic carbocycles. The molecule has 0 heterocycles. The second-order valence-corrected chi connectivity index (χ2v) is 5.97. The second kappa shape index (κ2) is 6.74. The largest absolute Gasteiger partial charge is 0.0588 e. The van der Waals surface area contributed by atoms with Gasteiger partial charge in [-0.1, -0.05) is 29.8 Å². The quantitative estimate of drug-likeness (QED) is 0.563. The van der Waals surface area contributed by atoms with E-state index in [0.29, 0.717) is 0 Å². The van der Waals surface area contributed by atoms with Crippen LogP contribution in [-0.2, 0) is 0 Å². The van der Waals surface area contributed by atoms with Crippen molar-refractivity contribution in [2.75, 3.05) is 0 Å². The fourth-order valence-electron chi connectivity index (χ4n) is 2.34. The molecular formula is C20H28. The molecule has 0 spiro atoms. The van der Waals surface area contributed by atoms with Crippen LogP contribution in [0.15, 0.2) is 24.3 Å². The van der Waals surface area contributed by atoms with Crippen LogP contribution in [0.3, 0.4) is 0 Å². The van der Waals surface area contributed by atoms with Gasteiger partial charge in [0.05, 0.1) is 0 Å². The summed E-state index contributed by atoms with van der Waals surface area (Å²) in [7, 11) is 0. The summed E-state index contributed by atoms with van der Waals surface area (Å²) in [6.45, 7) is 17.3. The Balaban J connectivity index is 0.000000200. The Morgan fingerprint density at radius 3 is 1.15 bits per heavy atom. The maximum atomic E-state index is 2.22. The molecule has 20 heavy (non-hydrogen) atoms. The summed E-state index contributed by atoms with van der Waals surface area (Å²) in [5, 5.41) is 0. The Labute approximate surface area is 124 Å². The first-order valence-corrected chi connectivity index (χ1v) is 7.32. The van der Waals surface area contributed by atoms with Gasteiger partial charge in [-0.2, -0.15) is 0 Å². The van der Waals surface area contributed by atoms with Gasteiger partial charge in [0.25, 0.3) is 0 Å². The van der Waals surface area contributed by atoms with Crippen LogP contribution in [-0.4, -0.2) is 0 Å². The highest BCUT2D eigenvalue weighted by atomic mass is 14.0. The molecule has 0 aliphatic heterocycles. The third-order valence-corrected chi connectivity index (χ3v) is 4.40. The molecule has 0 aromatic heterocycles. The lowest BCUT2D eigenvalue weighted by Crippen LogP contribution is -1.88. The van der Waals surface area contributed by atoms with Gasteiger partial charge in [-0.3, -0.25) is 0 Å². The van der Waals surface area contributed by atoms with Crippen molar-refractivity contribution in [2.24, 2.45) is 0 Å². The van der Waals surface area contributed by atoms with Crippen LogP contribution in [0, 0.1) is 55.4 Å². The zero-order valence-electron chi connectivity index (χ0n) is 14.3. The van der Waals surface area contributed by atoms with Gasteiger partial charge in [-0.25, -0.2) is 0 Å². The first-order valence-electron chi connectivity index (χ1n) is 7.32. The minimum Gasteiger partial charge on any atom is -0.0588 e. The first-order chi connectivity index (χ1) is 9.23. The highest BCUT2D eigenvalue weighted by Gasteiger charge is 1.97. The van der Waals surface area contributed by atoms with E-state index >= 15 is 0 Å². The van der Waals surface area contributed by atoms with E-state index in [2.05, 4.69) is 79.7 Å². The summed E-state index contributed by atoms with van der Waals surface area (Å²) in [6.07, 6.45) is 0. The molecule has 0 saturated carbocycles. The van der Waals surface area contributed by atoms with Gasteiger partial charge in [0.15, 0.2) is 0 Å². The smallest absolute Gasteiger partial charge is 0.0392 e. The topological polar surface area (TPSA) is 0 Å². The van der Waals surface area contributed by atoms with Gasteiger partial charge < -0.3 is 0 Å². The molecule has 0 N–H and O–H groups in total. The lowest BCUT2D eigenvalue weighted by atomic mass is 10.0. The normalized spacial score (nSPS) is 10.0. The van der Waals surface area contributed by atoms with Gasteiger partial charge in [0.1, 0.15) is 0 Å². The molecule has 2 rings (SSSR count). The average molecular weight is 268 g/mol. The molecule has 0 atom stereocenters. The van der Waals surface area contributed by atoms with Gasteiger partial charge in [-0.15, -0.1) is 0 Å². The van der Waals surface area contributed by atoms with Gasteiger partial charge >= 0.3 is 0 Å². The van der Waals surface area contributed by atoms with E-state index in [-0.39, 0.29) is 0 Å². The van der Waals surface area contributed by atoms with Crippen molar-refractivity contribution in [1.29, 1.82) is 0 Å². The Kier molecular flexibility index (Phi) is 5.56. The van der Waals surface area contributed by atoms with E-state index in [1.54, 1.807) is 0 Å². The van der Waals surface area contributed by atoms with Crippen molar-refractivity contribution in [3.8, 4) is 0 Å². The monoisotopic (exact) mass is 268 g/mol. The average Bonchev–Trinajstić information content (AvgIpc) is 2.39. The zero-order valence-corrected chi connectivity index (χ0v) is 14.3. The molecule has 0 amide bonds. The molecule has 108 valence electrons. The van der Waals surface area contributed by atoms with Crippen LogP contribution < -0.4 is 0 Å². The molecule has 0 nitrogen and oxygen atoms in total. The summed E-state index contributed by atoms with van der Waals surface area (Å²) in [5.74, 6) is 0. The minimum atomic E-state index is 1.36. The molecule has 0 saturated heterocycles. The molecule has 0 heteroatoms. The van der Waals surface area contributed by atoms with Gasteiger partial charge in [-0.05, 0) is 94.3 Å². The summed E-state index contributed by atoms with van der Waals surface area (Å²) in [4.78, 5) is 0. The number of benzene rings is 2. The number of aryl methyl sites for hydroxylation is 5. The van der Waals surface area contributed by atoms with Crippen molar-refractivity contribution in [3.05, 3.63) is 68.8 Å². The first kappa shape index (κ1) is 16.5. The van der Waals surface area contributed by atoms with E-state index in [1.807, 2.05) is 0 Å². The number of hydrogen-bond donors (Lipinski definition) is 0. The van der Waals surface area contributed by atoms with Crippen LogP contribution >= 0.6 is 0 Å². The number of rotatable bonds is 0. The molecular weight excluding hydrogens is 240 g/mol. The number of hydrogen-bond acceptors (Lipinski definition) is 0. The molecule has 0 radical (unpaired) electrons. The molecule has 0 aliphatic carbocycles. The maximum absolute atomic E-state index is 2.22. The SMILES string of the molecule is Cc1cc(C)c(C)c(C)c1.Cc1ccc(C)c(C)c1C. The van der Waals surface area contributed by atoms with Crippen LogP contribution in [0.1, 0.15) is 44.5 Å². The second-order valence-electron chi connectivity index (χ2n) is 5.97. The molecule has 0 bridgehead atoms. The highest BCUT2D eigenvalue weighted by Crippen LogP contribution is 2.15. The lowest BCUT2D eigenvalue weighted by Gasteiger charge is -2.06. The summed E-state index contributed by atoms with van der Waals surface area (Å²) < 4.78 is 0. The Morgan fingerprint density at radius 2 is 0.800 bits per heavy atom. The van der Waals surface area contributed by atoms with E-state index in [1.165, 1.54) is 44.5 Å². The lowest BCUT2D eigenvalue weighted by molar-refractivity contribution is 1.22. The van der Waals surface area contributed by atoms with Crippen molar-refractivity contribution in [1.82, 2.24) is 0 Å². The van der Waals surface area contributed by atoms with Gasteiger partial charge in [0.2, 0.25) is 0 Å². The van der Waals surface area contributed by atoms with Crippen LogP contribution in [0.25, 0.3) is 0 Å². The Morgan fingerprint density at radius 1 is 0.450 bits per heavy atom. The van der Waals surface area contributed by atoms with E-state index in [9.17, 15) is 0 Å². The summed E-state index contributed by atoms with van der Waals surface area (Å²) in [6, 6.07) is 8.81. The standard InChI is InChI=1S/2C10H14/c1-7-5-8(2)10(4)9(3)6-7;1-7-5-6-8(2)10(4)9(7)3/h2*5-6H,1-4H3. The third-order valence-electron chi connectivity index (χ3n) is 4.40. The van der Waals surface area contributed by atoms with Crippen LogP contribution in [0.4, 0.5) is 0 Å². The van der Waals surface area contributed by atoms with Crippen LogP contribution in [0.2, 0.25) is 0 Å². The third kappa shape index (κ3) is 3.96. The van der Waals surface area contributed by atoms with Crippen molar-refractivity contribution >= 4 is 0 Å². The summed E-state index contributed by atoms with van der Waals surface area (Å²) in [5.41, 5.74) is 11.2. The molecule has 0 aliphatic rings. The Hall–Kier alpha value is -1.56. The van der Waals surface area contributed by atoms with E-state index in [0.717, 1.165) is 0 Å². The van der Waals surface area contributed by atoms with E-state index < -0.39 is 0 Å². The van der Waals surface area contributed by atoms with Crippen LogP contribution in [0.5, 0.6) is 0 Å². The van der Waals surface area contributed by atoms with Crippen molar-refractivity contribution in [2.45, 2.75) is 55.4 Å². The molecule has 0 unspecified atom stereocenters. The van der Waals surface area contributed by atoms with Crippen molar-refractivity contribution < 1.29 is 0 Å². The minimum absolute atomic E-state index is 1.36. The highest BCUT2D eigenvalue weighted by molar-refractivity contribution is 5.37. The molecule has 2 aromatic rings. The van der Waals surface area contributed by atoms with Crippen molar-refractivity contribution in [3.63, 3.8) is 0 Å². The predicted molar refractivity (Wildman–Crippen MR) is 90.8 cm³/mol. The zero-order chi connectivity index (χ0) is 15.4. The Bertz CT molecular complexity index is 554. The summed E-state index contributed by atoms with van der Waals surface area (Å²) >= 11 is 0. The predicted octanol–water partition coefficient (Wildman–Crippen LogP) is 5.84. The fourth-order valence-corrected chi connectivity index (χ4v) is 2.34. The molecule has 0 fully saturated rings.